The summed E-state index contributed by atoms with van der Waals surface area (Å²) in [6, 6.07) is 10.0. The number of alkyl halides is 3. The lowest BCUT2D eigenvalue weighted by Crippen LogP contribution is -2.22. The van der Waals surface area contributed by atoms with E-state index in [2.05, 4.69) is 20.0 Å². The Morgan fingerprint density at radius 3 is 2.59 bits per heavy atom. The Morgan fingerprint density at radius 2 is 1.86 bits per heavy atom. The molecule has 0 amide bonds. The average molecular weight is 437 g/mol. The third-order valence-corrected chi connectivity index (χ3v) is 6.56. The molecule has 0 saturated heterocycles. The molecule has 0 spiro atoms. The van der Waals surface area contributed by atoms with Gasteiger partial charge >= 0.3 is 6.36 Å². The van der Waals surface area contributed by atoms with Crippen molar-refractivity contribution in [1.82, 2.24) is 9.97 Å². The maximum atomic E-state index is 12.8. The number of thiazole rings is 1. The van der Waals surface area contributed by atoms with E-state index in [1.165, 1.54) is 43.0 Å². The van der Waals surface area contributed by atoms with Crippen LogP contribution in [0, 0.1) is 0 Å². The maximum absolute atomic E-state index is 12.8. The monoisotopic (exact) mass is 437 g/mol. The number of hydrogen-bond donors (Lipinski definition) is 1. The van der Waals surface area contributed by atoms with Crippen molar-refractivity contribution in [2.24, 2.45) is 0 Å². The molecule has 0 fully saturated rings. The molecule has 2 aromatic heterocycles. The van der Waals surface area contributed by atoms with Crippen LogP contribution in [0.15, 0.2) is 48.1 Å². The van der Waals surface area contributed by atoms with Gasteiger partial charge in [-0.1, -0.05) is 0 Å². The number of rotatable bonds is 4. The highest BCUT2D eigenvalue weighted by atomic mass is 32.1. The number of hydrogen-bond acceptors (Lipinski definition) is 6. The Morgan fingerprint density at radius 1 is 1.07 bits per heavy atom. The molecule has 0 saturated carbocycles. The largest absolute Gasteiger partial charge is 0.573 e. The highest BCUT2D eigenvalue weighted by Crippen LogP contribution is 2.42. The zero-order valence-corrected chi connectivity index (χ0v) is 17.0. The highest BCUT2D eigenvalue weighted by molar-refractivity contribution is 7.70. The molecule has 0 bridgehead atoms. The van der Waals surface area contributed by atoms with Crippen LogP contribution in [-0.2, 0) is 4.57 Å². The molecule has 0 aliphatic carbocycles. The van der Waals surface area contributed by atoms with Crippen LogP contribution < -0.4 is 15.4 Å². The van der Waals surface area contributed by atoms with Gasteiger partial charge in [0.2, 0.25) is 0 Å². The summed E-state index contributed by atoms with van der Waals surface area (Å²) in [5, 5.41) is 3.80. The van der Waals surface area contributed by atoms with E-state index in [-0.39, 0.29) is 5.30 Å². The first-order valence-corrected chi connectivity index (χ1v) is 11.9. The van der Waals surface area contributed by atoms with Gasteiger partial charge in [-0.2, -0.15) is 0 Å². The summed E-state index contributed by atoms with van der Waals surface area (Å²) < 4.78 is 56.3. The molecular formula is C19H15F3N3O2PS. The first-order chi connectivity index (χ1) is 13.6. The molecular weight excluding hydrogens is 422 g/mol. The fourth-order valence-corrected chi connectivity index (χ4v) is 4.73. The molecule has 0 aliphatic rings. The van der Waals surface area contributed by atoms with E-state index in [1.807, 2.05) is 18.2 Å². The van der Waals surface area contributed by atoms with Crippen LogP contribution in [-0.4, -0.2) is 29.7 Å². The molecule has 150 valence electrons. The topological polar surface area (TPSA) is 64.1 Å². The van der Waals surface area contributed by atoms with E-state index < -0.39 is 19.3 Å². The molecule has 5 nitrogen and oxygen atoms in total. The van der Waals surface area contributed by atoms with Crippen molar-refractivity contribution in [3.63, 3.8) is 0 Å². The van der Waals surface area contributed by atoms with Crippen LogP contribution in [0.4, 0.5) is 24.5 Å². The number of anilines is 2. The van der Waals surface area contributed by atoms with Crippen molar-refractivity contribution in [2.45, 2.75) is 6.36 Å². The van der Waals surface area contributed by atoms with Gasteiger partial charge in [-0.15, -0.1) is 24.5 Å². The van der Waals surface area contributed by atoms with Gasteiger partial charge in [0, 0.05) is 29.0 Å². The van der Waals surface area contributed by atoms with Crippen molar-refractivity contribution in [1.29, 1.82) is 0 Å². The summed E-state index contributed by atoms with van der Waals surface area (Å²) >= 11 is 1.53. The molecule has 10 heteroatoms. The Kier molecular flexibility index (Phi) is 4.75. The molecule has 29 heavy (non-hydrogen) atoms. The van der Waals surface area contributed by atoms with Crippen molar-refractivity contribution in [2.75, 3.05) is 18.6 Å². The van der Waals surface area contributed by atoms with E-state index in [0.717, 1.165) is 15.9 Å². The quantitative estimate of drug-likeness (QED) is 0.413. The Balaban J connectivity index is 1.83. The number of benzene rings is 2. The van der Waals surface area contributed by atoms with Crippen LogP contribution >= 0.6 is 18.5 Å². The van der Waals surface area contributed by atoms with Crippen molar-refractivity contribution < 1.29 is 22.5 Å². The Labute approximate surface area is 167 Å². The SMILES string of the molecule is CP(C)(=O)c1cc2c(Nc3ccc4scnc4c3)ccnc2cc1OC(F)(F)F. The summed E-state index contributed by atoms with van der Waals surface area (Å²) in [4.78, 5) is 8.43. The zero-order chi connectivity index (χ0) is 20.8. The predicted molar refractivity (Wildman–Crippen MR) is 110 cm³/mol. The minimum Gasteiger partial charge on any atom is -0.405 e. The Bertz CT molecular complexity index is 1270. The number of halogens is 3. The van der Waals surface area contributed by atoms with Crippen LogP contribution in [0.5, 0.6) is 5.75 Å². The van der Waals surface area contributed by atoms with E-state index in [1.54, 1.807) is 11.6 Å². The number of nitrogens with one attached hydrogen (secondary N) is 1. The van der Waals surface area contributed by atoms with Crippen molar-refractivity contribution in [3.8, 4) is 5.75 Å². The van der Waals surface area contributed by atoms with Crippen LogP contribution in [0.3, 0.4) is 0 Å². The number of fused-ring (bicyclic) bond motifs is 2. The molecule has 4 rings (SSSR count). The van der Waals surface area contributed by atoms with Gasteiger partial charge < -0.3 is 14.6 Å². The van der Waals surface area contributed by atoms with Crippen LogP contribution in [0.25, 0.3) is 21.1 Å². The molecule has 2 aromatic carbocycles. The second kappa shape index (κ2) is 7.00. The highest BCUT2D eigenvalue weighted by Gasteiger charge is 2.34. The minimum absolute atomic E-state index is 0.00771. The lowest BCUT2D eigenvalue weighted by Gasteiger charge is -2.18. The second-order valence-corrected chi connectivity index (χ2v) is 10.8. The standard InChI is InChI=1S/C19H15F3N3O2PS/c1-28(2,26)17-8-12-13(25-11-3-4-18-15(7-11)24-10-29-18)5-6-23-14(12)9-16(17)27-19(20,21)22/h3-10H,1-2H3,(H,23,25). The first kappa shape index (κ1) is 19.7. The van der Waals surface area contributed by atoms with Gasteiger partial charge in [-0.3, -0.25) is 4.98 Å². The summed E-state index contributed by atoms with van der Waals surface area (Å²) in [6.45, 7) is 2.80. The van der Waals surface area contributed by atoms with Crippen LogP contribution in [0.2, 0.25) is 0 Å². The molecule has 0 atom stereocenters. The van der Waals surface area contributed by atoms with Crippen LogP contribution in [0.1, 0.15) is 0 Å². The summed E-state index contributed by atoms with van der Waals surface area (Å²) in [7, 11) is -3.06. The lowest BCUT2D eigenvalue weighted by molar-refractivity contribution is -0.274. The summed E-state index contributed by atoms with van der Waals surface area (Å²) in [6.07, 6.45) is -3.41. The first-order valence-electron chi connectivity index (χ1n) is 8.44. The maximum Gasteiger partial charge on any atom is 0.573 e. The van der Waals surface area contributed by atoms with Gasteiger partial charge in [0.05, 0.1) is 26.5 Å². The fourth-order valence-electron chi connectivity index (χ4n) is 2.99. The van der Waals surface area contributed by atoms with Crippen molar-refractivity contribution >= 4 is 56.3 Å². The fraction of sp³-hybridized carbons (Fsp3) is 0.158. The third kappa shape index (κ3) is 4.21. The van der Waals surface area contributed by atoms with Gasteiger partial charge in [-0.05, 0) is 43.7 Å². The minimum atomic E-state index is -4.89. The van der Waals surface area contributed by atoms with Gasteiger partial charge in [0.15, 0.2) is 0 Å². The molecule has 2 heterocycles. The van der Waals surface area contributed by atoms with Gasteiger partial charge in [0.1, 0.15) is 12.9 Å². The van der Waals surface area contributed by atoms with E-state index in [9.17, 15) is 17.7 Å². The number of aromatic nitrogens is 2. The van der Waals surface area contributed by atoms with Gasteiger partial charge in [0.25, 0.3) is 0 Å². The lowest BCUT2D eigenvalue weighted by atomic mass is 10.1. The number of nitrogens with zero attached hydrogens (tertiary/aromatic N) is 2. The average Bonchev–Trinajstić information content (AvgIpc) is 3.07. The molecule has 1 N–H and O–H groups in total. The van der Waals surface area contributed by atoms with E-state index >= 15 is 0 Å². The molecule has 0 radical (unpaired) electrons. The number of ether oxygens (including phenoxy) is 1. The zero-order valence-electron chi connectivity index (χ0n) is 15.3. The molecule has 0 aliphatic heterocycles. The smallest absolute Gasteiger partial charge is 0.405 e. The predicted octanol–water partition coefficient (Wildman–Crippen LogP) is 5.73. The summed E-state index contributed by atoms with van der Waals surface area (Å²) in [5.41, 5.74) is 4.28. The third-order valence-electron chi connectivity index (χ3n) is 4.24. The normalized spacial score (nSPS) is 12.4. The van der Waals surface area contributed by atoms with E-state index in [0.29, 0.717) is 16.6 Å². The van der Waals surface area contributed by atoms with Gasteiger partial charge in [-0.25, -0.2) is 4.98 Å². The molecule has 4 aromatic rings. The molecule has 0 unspecified atom stereocenters. The second-order valence-electron chi connectivity index (χ2n) is 6.75. The summed E-state index contributed by atoms with van der Waals surface area (Å²) in [5.74, 6) is -0.494. The number of pyridine rings is 1. The van der Waals surface area contributed by atoms with Crippen molar-refractivity contribution in [3.05, 3.63) is 48.1 Å². The van der Waals surface area contributed by atoms with E-state index in [4.69, 9.17) is 0 Å². The Hall–Kier alpha value is -2.64.